The molecule has 0 aromatic carbocycles. The molecule has 0 bridgehead atoms. The van der Waals surface area contributed by atoms with Gasteiger partial charge in [-0.25, -0.2) is 0 Å². The lowest BCUT2D eigenvalue weighted by molar-refractivity contribution is -0.117. The van der Waals surface area contributed by atoms with Crippen molar-refractivity contribution >= 4 is 5.78 Å². The van der Waals surface area contributed by atoms with E-state index in [1.165, 1.54) is 6.42 Å². The van der Waals surface area contributed by atoms with Crippen LogP contribution in [0.4, 0.5) is 0 Å². The molecule has 0 aliphatic rings. The van der Waals surface area contributed by atoms with Gasteiger partial charge in [0, 0.05) is 6.42 Å². The Bertz CT molecular complexity index is 126. The van der Waals surface area contributed by atoms with E-state index in [1.54, 1.807) is 0 Å². The zero-order valence-corrected chi connectivity index (χ0v) is 8.86. The second kappa shape index (κ2) is 9.68. The first kappa shape index (κ1) is 12.6. The minimum Gasteiger partial charge on any atom is -0.317 e. The fraction of sp³-hybridized carbons (Fsp3) is 0.900. The first-order chi connectivity index (χ1) is 6.31. The fourth-order valence-electron chi connectivity index (χ4n) is 1.03. The molecule has 0 unspecified atom stereocenters. The van der Waals surface area contributed by atoms with Gasteiger partial charge in [0.05, 0.1) is 6.54 Å². The van der Waals surface area contributed by atoms with Crippen molar-refractivity contribution in [1.82, 2.24) is 10.6 Å². The van der Waals surface area contributed by atoms with Crippen LogP contribution in [-0.4, -0.2) is 32.0 Å². The molecule has 0 fully saturated rings. The van der Waals surface area contributed by atoms with Gasteiger partial charge < -0.3 is 10.6 Å². The number of carbonyl (C=O) groups is 1. The maximum Gasteiger partial charge on any atom is 0.146 e. The molecule has 0 saturated heterocycles. The van der Waals surface area contributed by atoms with Crippen LogP contribution in [-0.2, 0) is 4.79 Å². The highest BCUT2D eigenvalue weighted by Crippen LogP contribution is 1.84. The van der Waals surface area contributed by atoms with Gasteiger partial charge in [-0.1, -0.05) is 13.8 Å². The average molecular weight is 186 g/mol. The smallest absolute Gasteiger partial charge is 0.146 e. The van der Waals surface area contributed by atoms with Gasteiger partial charge in [-0.05, 0) is 32.5 Å². The van der Waals surface area contributed by atoms with Gasteiger partial charge >= 0.3 is 0 Å². The van der Waals surface area contributed by atoms with Crippen LogP contribution in [0.5, 0.6) is 0 Å². The average Bonchev–Trinajstić information content (AvgIpc) is 2.16. The third-order valence-electron chi connectivity index (χ3n) is 1.92. The number of nitrogens with one attached hydrogen (secondary N) is 2. The Hall–Kier alpha value is -0.410. The third kappa shape index (κ3) is 9.50. The molecule has 0 aliphatic carbocycles. The minimum absolute atomic E-state index is 0.298. The molecule has 0 rings (SSSR count). The van der Waals surface area contributed by atoms with Crippen molar-refractivity contribution in [2.45, 2.75) is 33.1 Å². The summed E-state index contributed by atoms with van der Waals surface area (Å²) in [7, 11) is 0. The number of ketones is 1. The highest BCUT2D eigenvalue weighted by atomic mass is 16.1. The summed E-state index contributed by atoms with van der Waals surface area (Å²) in [5.74, 6) is 0.298. The van der Waals surface area contributed by atoms with E-state index in [-0.39, 0.29) is 0 Å². The molecule has 2 N–H and O–H groups in total. The van der Waals surface area contributed by atoms with Crippen molar-refractivity contribution in [1.29, 1.82) is 0 Å². The van der Waals surface area contributed by atoms with Crippen LogP contribution < -0.4 is 10.6 Å². The Labute approximate surface area is 81.3 Å². The Morgan fingerprint density at radius 3 is 2.23 bits per heavy atom. The number of hydrogen-bond donors (Lipinski definition) is 2. The van der Waals surface area contributed by atoms with Gasteiger partial charge in [-0.15, -0.1) is 0 Å². The summed E-state index contributed by atoms with van der Waals surface area (Å²) in [4.78, 5) is 10.9. The van der Waals surface area contributed by atoms with Gasteiger partial charge in [-0.2, -0.15) is 0 Å². The van der Waals surface area contributed by atoms with Crippen molar-refractivity contribution < 1.29 is 4.79 Å². The van der Waals surface area contributed by atoms with Crippen molar-refractivity contribution in [3.8, 4) is 0 Å². The minimum atomic E-state index is 0.298. The van der Waals surface area contributed by atoms with Crippen LogP contribution in [0.1, 0.15) is 33.1 Å². The van der Waals surface area contributed by atoms with Gasteiger partial charge in [-0.3, -0.25) is 4.79 Å². The van der Waals surface area contributed by atoms with Gasteiger partial charge in [0.15, 0.2) is 0 Å². The number of carbonyl (C=O) groups excluding carboxylic acids is 1. The first-order valence-electron chi connectivity index (χ1n) is 5.24. The number of unbranched alkanes of at least 4 members (excludes halogenated alkanes) is 1. The highest BCUT2D eigenvalue weighted by molar-refractivity contribution is 5.79. The van der Waals surface area contributed by atoms with E-state index in [2.05, 4.69) is 17.6 Å². The van der Waals surface area contributed by atoms with Crippen molar-refractivity contribution in [3.63, 3.8) is 0 Å². The van der Waals surface area contributed by atoms with Crippen LogP contribution in [0, 0.1) is 0 Å². The maximum atomic E-state index is 10.9. The number of hydrogen-bond acceptors (Lipinski definition) is 3. The molecule has 0 atom stereocenters. The monoisotopic (exact) mass is 186 g/mol. The van der Waals surface area contributed by atoms with E-state index in [1.807, 2.05) is 6.92 Å². The van der Waals surface area contributed by atoms with E-state index in [0.29, 0.717) is 18.7 Å². The summed E-state index contributed by atoms with van der Waals surface area (Å²) >= 11 is 0. The Balaban J connectivity index is 2.95. The molecule has 78 valence electrons. The predicted octanol–water partition coefficient (Wildman–Crippen LogP) is 0.945. The zero-order chi connectivity index (χ0) is 9.94. The van der Waals surface area contributed by atoms with E-state index in [4.69, 9.17) is 0 Å². The van der Waals surface area contributed by atoms with Gasteiger partial charge in [0.2, 0.25) is 0 Å². The Morgan fingerprint density at radius 2 is 1.69 bits per heavy atom. The molecule has 13 heavy (non-hydrogen) atoms. The zero-order valence-electron chi connectivity index (χ0n) is 8.86. The molecule has 0 heterocycles. The van der Waals surface area contributed by atoms with Crippen LogP contribution >= 0.6 is 0 Å². The SMILES string of the molecule is CCNCCCCNCC(=O)CC. The van der Waals surface area contributed by atoms with Crippen LogP contribution in [0.15, 0.2) is 0 Å². The van der Waals surface area contributed by atoms with Crippen molar-refractivity contribution in [2.75, 3.05) is 26.2 Å². The topological polar surface area (TPSA) is 41.1 Å². The summed E-state index contributed by atoms with van der Waals surface area (Å²) in [5.41, 5.74) is 0. The molecule has 0 aromatic heterocycles. The predicted molar refractivity (Wildman–Crippen MR) is 55.9 cm³/mol. The molecule has 0 radical (unpaired) electrons. The van der Waals surface area contributed by atoms with E-state index >= 15 is 0 Å². The van der Waals surface area contributed by atoms with Crippen molar-refractivity contribution in [2.24, 2.45) is 0 Å². The molecular formula is C10H22N2O. The molecule has 3 heteroatoms. The quantitative estimate of drug-likeness (QED) is 0.527. The standard InChI is InChI=1S/C10H22N2O/c1-3-10(13)9-12-8-6-5-7-11-4-2/h11-12H,3-9H2,1-2H3. The largest absolute Gasteiger partial charge is 0.317 e. The van der Waals surface area contributed by atoms with E-state index < -0.39 is 0 Å². The summed E-state index contributed by atoms with van der Waals surface area (Å²) in [6.07, 6.45) is 2.97. The normalized spacial score (nSPS) is 10.3. The Kier molecular flexibility index (Phi) is 9.37. The second-order valence-corrected chi connectivity index (χ2v) is 3.13. The highest BCUT2D eigenvalue weighted by Gasteiger charge is 1.95. The van der Waals surface area contributed by atoms with E-state index in [9.17, 15) is 4.79 Å². The molecule has 3 nitrogen and oxygen atoms in total. The second-order valence-electron chi connectivity index (χ2n) is 3.13. The van der Waals surface area contributed by atoms with Crippen LogP contribution in [0.3, 0.4) is 0 Å². The number of rotatable bonds is 9. The third-order valence-corrected chi connectivity index (χ3v) is 1.92. The fourth-order valence-corrected chi connectivity index (χ4v) is 1.03. The van der Waals surface area contributed by atoms with Crippen LogP contribution in [0.25, 0.3) is 0 Å². The molecule has 0 aromatic rings. The molecule has 0 spiro atoms. The summed E-state index contributed by atoms with van der Waals surface area (Å²) < 4.78 is 0. The van der Waals surface area contributed by atoms with Crippen LogP contribution in [0.2, 0.25) is 0 Å². The summed E-state index contributed by atoms with van der Waals surface area (Å²) in [6.45, 7) is 7.63. The number of Topliss-reactive ketones (excluding diaryl/α,β-unsaturated/α-hetero) is 1. The summed E-state index contributed by atoms with van der Waals surface area (Å²) in [5, 5.41) is 6.40. The lowest BCUT2D eigenvalue weighted by atomic mass is 10.3. The maximum absolute atomic E-state index is 10.9. The van der Waals surface area contributed by atoms with Crippen molar-refractivity contribution in [3.05, 3.63) is 0 Å². The Morgan fingerprint density at radius 1 is 1.08 bits per heavy atom. The first-order valence-corrected chi connectivity index (χ1v) is 5.24. The molecular weight excluding hydrogens is 164 g/mol. The molecule has 0 aliphatic heterocycles. The van der Waals surface area contributed by atoms with Gasteiger partial charge in [0.25, 0.3) is 0 Å². The lowest BCUT2D eigenvalue weighted by Gasteiger charge is -2.03. The molecule has 0 amide bonds. The summed E-state index contributed by atoms with van der Waals surface area (Å²) in [6, 6.07) is 0. The lowest BCUT2D eigenvalue weighted by Crippen LogP contribution is -2.24. The van der Waals surface area contributed by atoms with Gasteiger partial charge in [0.1, 0.15) is 5.78 Å². The van der Waals surface area contributed by atoms with E-state index in [0.717, 1.165) is 26.1 Å². The molecule has 0 saturated carbocycles.